The number of carboxylic acid groups (broad SMARTS) is 1. The van der Waals surface area contributed by atoms with E-state index >= 15 is 0 Å². The van der Waals surface area contributed by atoms with E-state index in [1.807, 2.05) is 0 Å². The minimum absolute atomic E-state index is 0.0394. The van der Waals surface area contributed by atoms with Gasteiger partial charge in [0.15, 0.2) is 6.10 Å². The highest BCUT2D eigenvalue weighted by atomic mass is 32.1. The molecule has 1 aliphatic rings. The van der Waals surface area contributed by atoms with Crippen molar-refractivity contribution in [3.05, 3.63) is 22.4 Å². The number of morpholine rings is 1. The van der Waals surface area contributed by atoms with Crippen molar-refractivity contribution >= 4 is 23.2 Å². The van der Waals surface area contributed by atoms with E-state index in [-0.39, 0.29) is 18.6 Å². The van der Waals surface area contributed by atoms with E-state index in [2.05, 4.69) is 17.5 Å². The number of hydrogen-bond acceptors (Lipinski definition) is 4. The van der Waals surface area contributed by atoms with Gasteiger partial charge in [-0.05, 0) is 37.6 Å². The van der Waals surface area contributed by atoms with E-state index in [9.17, 15) is 9.59 Å². The molecule has 0 saturated carbocycles. The van der Waals surface area contributed by atoms with Gasteiger partial charge >= 0.3 is 5.97 Å². The van der Waals surface area contributed by atoms with Gasteiger partial charge in [0.2, 0.25) is 5.91 Å². The maximum absolute atomic E-state index is 12.2. The summed E-state index contributed by atoms with van der Waals surface area (Å²) in [6.45, 7) is 2.45. The topological polar surface area (TPSA) is 66.8 Å². The lowest BCUT2D eigenvalue weighted by Gasteiger charge is -2.35. The van der Waals surface area contributed by atoms with E-state index in [0.29, 0.717) is 13.0 Å². The largest absolute Gasteiger partial charge is 0.479 e. The maximum Gasteiger partial charge on any atom is 0.334 e. The van der Waals surface area contributed by atoms with E-state index in [1.165, 1.54) is 4.88 Å². The molecular weight excluding hydrogens is 302 g/mol. The highest BCUT2D eigenvalue weighted by Crippen LogP contribution is 2.16. The van der Waals surface area contributed by atoms with Crippen molar-refractivity contribution < 1.29 is 19.4 Å². The van der Waals surface area contributed by atoms with Gasteiger partial charge in [-0.15, -0.1) is 11.3 Å². The zero-order valence-corrected chi connectivity index (χ0v) is 13.7. The van der Waals surface area contributed by atoms with E-state index < -0.39 is 12.1 Å². The van der Waals surface area contributed by atoms with Crippen LogP contribution in [0.25, 0.3) is 0 Å². The van der Waals surface area contributed by atoms with E-state index in [0.717, 1.165) is 25.7 Å². The smallest absolute Gasteiger partial charge is 0.334 e. The third-order valence-corrected chi connectivity index (χ3v) is 4.72. The zero-order chi connectivity index (χ0) is 15.9. The normalized spacial score (nSPS) is 21.8. The van der Waals surface area contributed by atoms with Gasteiger partial charge in [-0.2, -0.15) is 0 Å². The summed E-state index contributed by atoms with van der Waals surface area (Å²) in [6.07, 6.45) is 3.40. The summed E-state index contributed by atoms with van der Waals surface area (Å²) < 4.78 is 5.32. The van der Waals surface area contributed by atoms with Crippen LogP contribution in [0.1, 0.15) is 37.5 Å². The monoisotopic (exact) mass is 325 g/mol. The Labute approximate surface area is 134 Å². The molecule has 22 heavy (non-hydrogen) atoms. The molecule has 1 aliphatic heterocycles. The maximum atomic E-state index is 12.2. The van der Waals surface area contributed by atoms with E-state index in [4.69, 9.17) is 9.84 Å². The first-order chi connectivity index (χ1) is 10.6. The molecule has 0 spiro atoms. The van der Waals surface area contributed by atoms with Gasteiger partial charge in [0, 0.05) is 17.8 Å². The van der Waals surface area contributed by atoms with Crippen molar-refractivity contribution in [3.63, 3.8) is 0 Å². The quantitative estimate of drug-likeness (QED) is 0.782. The number of thiophene rings is 1. The number of carbonyl (C=O) groups is 2. The summed E-state index contributed by atoms with van der Waals surface area (Å²) in [7, 11) is 0. The molecule has 2 rings (SSSR count). The highest BCUT2D eigenvalue weighted by Gasteiger charge is 2.32. The fourth-order valence-electron chi connectivity index (χ4n) is 2.66. The summed E-state index contributed by atoms with van der Waals surface area (Å²) in [4.78, 5) is 26.2. The Kier molecular flexibility index (Phi) is 6.39. The zero-order valence-electron chi connectivity index (χ0n) is 12.9. The highest BCUT2D eigenvalue weighted by molar-refractivity contribution is 7.09. The van der Waals surface area contributed by atoms with Crippen LogP contribution < -0.4 is 0 Å². The van der Waals surface area contributed by atoms with Crippen molar-refractivity contribution in [2.75, 3.05) is 13.1 Å². The van der Waals surface area contributed by atoms with Crippen molar-refractivity contribution in [3.8, 4) is 0 Å². The number of unbranched alkanes of at least 4 members (excludes halogenated alkanes) is 2. The molecule has 2 heterocycles. The van der Waals surface area contributed by atoms with Gasteiger partial charge in [-0.25, -0.2) is 4.79 Å². The van der Waals surface area contributed by atoms with Crippen LogP contribution in [0.3, 0.4) is 0 Å². The number of hydrogen-bond donors (Lipinski definition) is 1. The average molecular weight is 325 g/mol. The number of amides is 1. The summed E-state index contributed by atoms with van der Waals surface area (Å²) in [5.74, 6) is -0.960. The number of carbonyl (C=O) groups excluding carboxylic acids is 1. The van der Waals surface area contributed by atoms with Crippen molar-refractivity contribution in [1.29, 1.82) is 0 Å². The minimum atomic E-state index is -1.000. The van der Waals surface area contributed by atoms with E-state index in [1.54, 1.807) is 23.2 Å². The standard InChI is InChI=1S/C16H23NO4S/c1-12-10-17(11-14(21-12)16(19)20)15(18)8-4-2-3-6-13-7-5-9-22-13/h5,7,9,12,14H,2-4,6,8,10-11H2,1H3,(H,19,20)/t12-,14?/m1/s1. The fourth-order valence-corrected chi connectivity index (χ4v) is 3.41. The first-order valence-electron chi connectivity index (χ1n) is 7.74. The van der Waals surface area contributed by atoms with Gasteiger partial charge in [-0.3, -0.25) is 4.79 Å². The Bertz CT molecular complexity index is 488. The molecule has 1 amide bonds. The minimum Gasteiger partial charge on any atom is -0.479 e. The average Bonchev–Trinajstić information content (AvgIpc) is 2.99. The molecule has 1 aromatic rings. The lowest BCUT2D eigenvalue weighted by molar-refractivity contribution is -0.166. The lowest BCUT2D eigenvalue weighted by Crippen LogP contribution is -2.51. The SMILES string of the molecule is C[C@@H]1CN(C(=O)CCCCCc2cccs2)CC(C(=O)O)O1. The van der Waals surface area contributed by atoms with Crippen molar-refractivity contribution in [2.24, 2.45) is 0 Å². The second kappa shape index (κ2) is 8.29. The molecule has 1 aromatic heterocycles. The van der Waals surface area contributed by atoms with Gasteiger partial charge in [-0.1, -0.05) is 12.5 Å². The van der Waals surface area contributed by atoms with Crippen molar-refractivity contribution in [2.45, 2.75) is 51.2 Å². The summed E-state index contributed by atoms with van der Waals surface area (Å²) in [6, 6.07) is 4.19. The second-order valence-corrected chi connectivity index (χ2v) is 6.74. The van der Waals surface area contributed by atoms with Crippen LogP contribution in [0.15, 0.2) is 17.5 Å². The van der Waals surface area contributed by atoms with Crippen LogP contribution in [0.2, 0.25) is 0 Å². The number of ether oxygens (including phenoxy) is 1. The Morgan fingerprint density at radius 2 is 2.18 bits per heavy atom. The van der Waals surface area contributed by atoms with Gasteiger partial charge in [0.25, 0.3) is 0 Å². The third kappa shape index (κ3) is 5.10. The Morgan fingerprint density at radius 1 is 1.36 bits per heavy atom. The molecular formula is C16H23NO4S. The van der Waals surface area contributed by atoms with Crippen LogP contribution >= 0.6 is 11.3 Å². The molecule has 1 unspecified atom stereocenters. The molecule has 122 valence electrons. The van der Waals surface area contributed by atoms with Gasteiger partial charge in [0.05, 0.1) is 12.6 Å². The summed E-state index contributed by atoms with van der Waals surface area (Å²) in [5, 5.41) is 11.1. The lowest BCUT2D eigenvalue weighted by atomic mass is 10.1. The molecule has 1 fully saturated rings. The number of aryl methyl sites for hydroxylation is 1. The molecule has 0 radical (unpaired) electrons. The molecule has 1 N–H and O–H groups in total. The third-order valence-electron chi connectivity index (χ3n) is 3.78. The van der Waals surface area contributed by atoms with Crippen LogP contribution in [0, 0.1) is 0 Å². The number of aliphatic carboxylic acids is 1. The molecule has 1 saturated heterocycles. The summed E-state index contributed by atoms with van der Waals surface area (Å²) >= 11 is 1.77. The van der Waals surface area contributed by atoms with Crippen LogP contribution in [0.4, 0.5) is 0 Å². The first kappa shape index (κ1) is 17.0. The Morgan fingerprint density at radius 3 is 2.86 bits per heavy atom. The predicted octanol–water partition coefficient (Wildman–Crippen LogP) is 2.55. The Hall–Kier alpha value is -1.40. The number of rotatable bonds is 7. The molecule has 6 heteroatoms. The molecule has 5 nitrogen and oxygen atoms in total. The first-order valence-corrected chi connectivity index (χ1v) is 8.62. The molecule has 2 atom stereocenters. The predicted molar refractivity (Wildman–Crippen MR) is 85.0 cm³/mol. The fraction of sp³-hybridized carbons (Fsp3) is 0.625. The number of carboxylic acids is 1. The van der Waals surface area contributed by atoms with Crippen LogP contribution in [-0.2, 0) is 20.7 Å². The molecule has 0 aromatic carbocycles. The Balaban J connectivity index is 1.66. The number of nitrogens with zero attached hydrogens (tertiary/aromatic N) is 1. The summed E-state index contributed by atoms with van der Waals surface area (Å²) in [5.41, 5.74) is 0. The van der Waals surface area contributed by atoms with Crippen molar-refractivity contribution in [1.82, 2.24) is 4.90 Å². The van der Waals surface area contributed by atoms with Gasteiger partial charge in [0.1, 0.15) is 0 Å². The second-order valence-electron chi connectivity index (χ2n) is 5.71. The van der Waals surface area contributed by atoms with Gasteiger partial charge < -0.3 is 14.7 Å². The molecule has 0 aliphatic carbocycles. The molecule has 0 bridgehead atoms. The van der Waals surface area contributed by atoms with Crippen LogP contribution in [-0.4, -0.2) is 47.2 Å². The van der Waals surface area contributed by atoms with Crippen LogP contribution in [0.5, 0.6) is 0 Å².